The van der Waals surface area contributed by atoms with E-state index in [4.69, 9.17) is 0 Å². The van der Waals surface area contributed by atoms with Crippen LogP contribution < -0.4 is 4.90 Å². The van der Waals surface area contributed by atoms with Crippen LogP contribution in [0.5, 0.6) is 0 Å². The lowest BCUT2D eigenvalue weighted by atomic mass is 9.75. The van der Waals surface area contributed by atoms with Crippen LogP contribution in [0, 0.1) is 11.8 Å². The van der Waals surface area contributed by atoms with E-state index in [0.717, 1.165) is 36.2 Å². The van der Waals surface area contributed by atoms with Gasteiger partial charge in [0.2, 0.25) is 0 Å². The summed E-state index contributed by atoms with van der Waals surface area (Å²) in [6.07, 6.45) is 10.6. The number of fused-ring (bicyclic) bond motifs is 1. The van der Waals surface area contributed by atoms with Gasteiger partial charge in [0.25, 0.3) is 0 Å². The van der Waals surface area contributed by atoms with E-state index >= 15 is 0 Å². The van der Waals surface area contributed by atoms with Gasteiger partial charge in [-0.05, 0) is 30.7 Å². The van der Waals surface area contributed by atoms with Crippen molar-refractivity contribution in [2.75, 3.05) is 18.0 Å². The Labute approximate surface area is 109 Å². The Balaban J connectivity index is 1.77. The fourth-order valence-corrected chi connectivity index (χ4v) is 3.65. The first-order chi connectivity index (χ1) is 8.88. The zero-order valence-electron chi connectivity index (χ0n) is 10.9. The van der Waals surface area contributed by atoms with Crippen molar-refractivity contribution in [2.45, 2.75) is 38.7 Å². The van der Waals surface area contributed by atoms with Crippen molar-refractivity contribution in [1.82, 2.24) is 4.98 Å². The first-order valence-electron chi connectivity index (χ1n) is 7.17. The summed E-state index contributed by atoms with van der Waals surface area (Å²) in [6.45, 7) is 2.39. The molecule has 1 aromatic rings. The van der Waals surface area contributed by atoms with Crippen LogP contribution in [0.4, 0.5) is 5.69 Å². The largest absolute Gasteiger partial charge is 0.392 e. The highest BCUT2D eigenvalue weighted by molar-refractivity contribution is 5.51. The van der Waals surface area contributed by atoms with Crippen LogP contribution in [-0.2, 0) is 6.61 Å². The molecule has 2 fully saturated rings. The van der Waals surface area contributed by atoms with E-state index in [9.17, 15) is 5.11 Å². The van der Waals surface area contributed by atoms with Gasteiger partial charge in [0.05, 0.1) is 18.5 Å². The Hall–Kier alpha value is -1.09. The number of piperidine rings is 1. The molecule has 0 radical (unpaired) electrons. The van der Waals surface area contributed by atoms with Gasteiger partial charge in [0.15, 0.2) is 0 Å². The number of aromatic nitrogens is 1. The Morgan fingerprint density at radius 3 is 2.89 bits per heavy atom. The van der Waals surface area contributed by atoms with E-state index in [2.05, 4.69) is 9.88 Å². The lowest BCUT2D eigenvalue weighted by molar-refractivity contribution is 0.202. The summed E-state index contributed by atoms with van der Waals surface area (Å²) < 4.78 is 0. The van der Waals surface area contributed by atoms with E-state index in [-0.39, 0.29) is 6.61 Å². The maximum Gasteiger partial charge on any atom is 0.0703 e. The summed E-state index contributed by atoms with van der Waals surface area (Å²) in [5, 5.41) is 9.43. The van der Waals surface area contributed by atoms with Crippen LogP contribution in [0.3, 0.4) is 0 Å². The average molecular weight is 246 g/mol. The van der Waals surface area contributed by atoms with Crippen molar-refractivity contribution >= 4 is 5.69 Å². The number of hydrogen-bond acceptors (Lipinski definition) is 3. The Morgan fingerprint density at radius 2 is 2.06 bits per heavy atom. The highest BCUT2D eigenvalue weighted by Gasteiger charge is 2.31. The van der Waals surface area contributed by atoms with E-state index in [1.54, 1.807) is 6.20 Å². The van der Waals surface area contributed by atoms with Crippen molar-refractivity contribution in [3.8, 4) is 0 Å². The molecule has 1 aromatic heterocycles. The molecular weight excluding hydrogens is 224 g/mol. The molecule has 1 aliphatic carbocycles. The molecule has 1 aliphatic heterocycles. The predicted octanol–water partition coefficient (Wildman–Crippen LogP) is 2.59. The zero-order chi connectivity index (χ0) is 12.4. The normalized spacial score (nSPS) is 27.9. The van der Waals surface area contributed by atoms with Gasteiger partial charge in [-0.3, -0.25) is 4.98 Å². The number of hydrogen-bond donors (Lipinski definition) is 1. The summed E-state index contributed by atoms with van der Waals surface area (Å²) >= 11 is 0. The predicted molar refractivity (Wildman–Crippen MR) is 72.4 cm³/mol. The topological polar surface area (TPSA) is 36.4 Å². The minimum atomic E-state index is 0.114. The third-order valence-corrected chi connectivity index (χ3v) is 4.69. The molecule has 0 aromatic carbocycles. The molecule has 2 unspecified atom stereocenters. The van der Waals surface area contributed by atoms with Gasteiger partial charge >= 0.3 is 0 Å². The molecule has 0 bridgehead atoms. The summed E-state index contributed by atoms with van der Waals surface area (Å²) in [7, 11) is 0. The number of aliphatic hydroxyl groups excluding tert-OH is 1. The Morgan fingerprint density at radius 1 is 1.22 bits per heavy atom. The monoisotopic (exact) mass is 246 g/mol. The molecule has 2 atom stereocenters. The second kappa shape index (κ2) is 5.27. The summed E-state index contributed by atoms with van der Waals surface area (Å²) in [6, 6.07) is 1.93. The molecule has 1 saturated heterocycles. The number of nitrogens with zero attached hydrogens (tertiary/aromatic N) is 2. The molecule has 3 rings (SSSR count). The van der Waals surface area contributed by atoms with Crippen molar-refractivity contribution in [3.63, 3.8) is 0 Å². The van der Waals surface area contributed by atoms with Crippen molar-refractivity contribution in [1.29, 1.82) is 0 Å². The van der Waals surface area contributed by atoms with E-state index in [1.165, 1.54) is 32.1 Å². The zero-order valence-corrected chi connectivity index (χ0v) is 10.9. The number of anilines is 1. The summed E-state index contributed by atoms with van der Waals surface area (Å²) in [5.74, 6) is 1.81. The maximum atomic E-state index is 9.43. The second-order valence-corrected chi connectivity index (χ2v) is 5.70. The van der Waals surface area contributed by atoms with E-state index < -0.39 is 0 Å². The molecule has 18 heavy (non-hydrogen) atoms. The van der Waals surface area contributed by atoms with Crippen LogP contribution in [0.25, 0.3) is 0 Å². The SMILES string of the molecule is OCc1ccncc1N1CCC2CCCCC2C1. The van der Waals surface area contributed by atoms with Gasteiger partial charge in [0, 0.05) is 24.8 Å². The molecule has 3 heteroatoms. The molecule has 98 valence electrons. The molecule has 0 amide bonds. The highest BCUT2D eigenvalue weighted by atomic mass is 16.3. The van der Waals surface area contributed by atoms with Gasteiger partial charge in [-0.25, -0.2) is 0 Å². The third-order valence-electron chi connectivity index (χ3n) is 4.69. The number of pyridine rings is 1. The van der Waals surface area contributed by atoms with Gasteiger partial charge in [-0.2, -0.15) is 0 Å². The second-order valence-electron chi connectivity index (χ2n) is 5.70. The van der Waals surface area contributed by atoms with E-state index in [1.807, 2.05) is 12.3 Å². The standard InChI is InChI=1S/C15H22N2O/c18-11-14-5-7-16-9-15(14)17-8-6-12-3-1-2-4-13(12)10-17/h5,7,9,12-13,18H,1-4,6,8,10-11H2. The molecule has 2 heterocycles. The lowest BCUT2D eigenvalue weighted by Gasteiger charge is -2.42. The van der Waals surface area contributed by atoms with Gasteiger partial charge in [0.1, 0.15) is 0 Å². The van der Waals surface area contributed by atoms with Crippen molar-refractivity contribution < 1.29 is 5.11 Å². The fourth-order valence-electron chi connectivity index (χ4n) is 3.65. The fraction of sp³-hybridized carbons (Fsp3) is 0.667. The summed E-state index contributed by atoms with van der Waals surface area (Å²) in [4.78, 5) is 6.66. The molecule has 3 nitrogen and oxygen atoms in total. The number of aliphatic hydroxyl groups is 1. The Kier molecular flexibility index (Phi) is 3.50. The Bertz CT molecular complexity index is 407. The first kappa shape index (κ1) is 12.0. The molecular formula is C15H22N2O. The maximum absolute atomic E-state index is 9.43. The molecule has 2 aliphatic rings. The quantitative estimate of drug-likeness (QED) is 0.871. The third kappa shape index (κ3) is 2.24. The van der Waals surface area contributed by atoms with Crippen LogP contribution in [0.1, 0.15) is 37.7 Å². The smallest absolute Gasteiger partial charge is 0.0703 e. The summed E-state index contributed by atoms with van der Waals surface area (Å²) in [5.41, 5.74) is 2.16. The number of rotatable bonds is 2. The minimum absolute atomic E-state index is 0.114. The van der Waals surface area contributed by atoms with Crippen LogP contribution >= 0.6 is 0 Å². The van der Waals surface area contributed by atoms with Crippen molar-refractivity contribution in [3.05, 3.63) is 24.0 Å². The van der Waals surface area contributed by atoms with Gasteiger partial charge < -0.3 is 10.0 Å². The lowest BCUT2D eigenvalue weighted by Crippen LogP contribution is -2.42. The molecule has 0 spiro atoms. The van der Waals surface area contributed by atoms with Crippen molar-refractivity contribution in [2.24, 2.45) is 11.8 Å². The minimum Gasteiger partial charge on any atom is -0.392 e. The van der Waals surface area contributed by atoms with Crippen LogP contribution in [0.2, 0.25) is 0 Å². The van der Waals surface area contributed by atoms with Crippen LogP contribution in [-0.4, -0.2) is 23.2 Å². The molecule has 1 N–H and O–H groups in total. The first-order valence-corrected chi connectivity index (χ1v) is 7.17. The average Bonchev–Trinajstić information content (AvgIpc) is 2.46. The van der Waals surface area contributed by atoms with Gasteiger partial charge in [-0.15, -0.1) is 0 Å². The van der Waals surface area contributed by atoms with E-state index in [0.29, 0.717) is 0 Å². The highest BCUT2D eigenvalue weighted by Crippen LogP contribution is 2.37. The van der Waals surface area contributed by atoms with Gasteiger partial charge in [-0.1, -0.05) is 19.3 Å². The van der Waals surface area contributed by atoms with Crippen LogP contribution in [0.15, 0.2) is 18.5 Å². The molecule has 1 saturated carbocycles.